The zero-order valence-corrected chi connectivity index (χ0v) is 13.5. The summed E-state index contributed by atoms with van der Waals surface area (Å²) in [4.78, 5) is 16.4. The van der Waals surface area contributed by atoms with Gasteiger partial charge < -0.3 is 10.1 Å². The second-order valence-electron chi connectivity index (χ2n) is 5.72. The first kappa shape index (κ1) is 15.4. The first-order chi connectivity index (χ1) is 10.8. The summed E-state index contributed by atoms with van der Waals surface area (Å²) in [5.41, 5.74) is 1.08. The zero-order chi connectivity index (χ0) is 15.2. The number of benzene rings is 1. The van der Waals surface area contributed by atoms with E-state index in [2.05, 4.69) is 16.4 Å². The van der Waals surface area contributed by atoms with Crippen LogP contribution in [0.1, 0.15) is 37.1 Å². The molecule has 0 radical (unpaired) electrons. The van der Waals surface area contributed by atoms with E-state index in [1.54, 1.807) is 11.3 Å². The van der Waals surface area contributed by atoms with Crippen molar-refractivity contribution in [3.8, 4) is 0 Å². The number of aromatic nitrogens is 1. The van der Waals surface area contributed by atoms with Gasteiger partial charge in [0, 0.05) is 19.6 Å². The highest BCUT2D eigenvalue weighted by Crippen LogP contribution is 2.22. The number of rotatable bonds is 7. The summed E-state index contributed by atoms with van der Waals surface area (Å²) in [7, 11) is 0. The summed E-state index contributed by atoms with van der Waals surface area (Å²) < 4.78 is 6.74. The van der Waals surface area contributed by atoms with Gasteiger partial charge in [-0.25, -0.2) is 4.98 Å². The first-order valence-corrected chi connectivity index (χ1v) is 8.85. The molecule has 1 fully saturated rings. The molecule has 1 aliphatic rings. The smallest absolute Gasteiger partial charge is 0.220 e. The van der Waals surface area contributed by atoms with E-state index in [1.165, 1.54) is 9.71 Å². The Balaban J connectivity index is 1.33. The molecule has 1 atom stereocenters. The number of fused-ring (bicyclic) bond motifs is 1. The summed E-state index contributed by atoms with van der Waals surface area (Å²) in [6.07, 6.45) is 5.88. The number of nitrogens with one attached hydrogen (secondary N) is 1. The number of unbranched alkanes of at least 4 members (excludes halogenated alkanes) is 1. The Labute approximate surface area is 134 Å². The minimum Gasteiger partial charge on any atom is -0.376 e. The van der Waals surface area contributed by atoms with Crippen molar-refractivity contribution < 1.29 is 9.53 Å². The summed E-state index contributed by atoms with van der Waals surface area (Å²) in [6.45, 7) is 1.50. The maximum Gasteiger partial charge on any atom is 0.220 e. The van der Waals surface area contributed by atoms with Crippen molar-refractivity contribution in [2.75, 3.05) is 13.2 Å². The van der Waals surface area contributed by atoms with E-state index in [4.69, 9.17) is 4.74 Å². The summed E-state index contributed by atoms with van der Waals surface area (Å²) in [6, 6.07) is 8.22. The van der Waals surface area contributed by atoms with Crippen molar-refractivity contribution in [2.24, 2.45) is 0 Å². The standard InChI is InChI=1S/C17H22N2O2S/c20-16(18-12-13-6-5-11-21-13)9-3-4-10-17-19-14-7-1-2-8-15(14)22-17/h1-2,7-8,13H,3-6,9-12H2,(H,18,20). The van der Waals surface area contributed by atoms with Gasteiger partial charge in [0.1, 0.15) is 0 Å². The van der Waals surface area contributed by atoms with Crippen LogP contribution < -0.4 is 5.32 Å². The number of para-hydroxylation sites is 1. The van der Waals surface area contributed by atoms with Crippen LogP contribution in [0.25, 0.3) is 10.2 Å². The number of ether oxygens (including phenoxy) is 1. The van der Waals surface area contributed by atoms with Crippen LogP contribution in [0.4, 0.5) is 0 Å². The van der Waals surface area contributed by atoms with E-state index in [0.717, 1.165) is 44.2 Å². The molecule has 118 valence electrons. The number of nitrogens with zero attached hydrogens (tertiary/aromatic N) is 1. The number of hydrogen-bond donors (Lipinski definition) is 1. The molecular weight excluding hydrogens is 296 g/mol. The van der Waals surface area contributed by atoms with Crippen molar-refractivity contribution in [1.29, 1.82) is 0 Å². The minimum absolute atomic E-state index is 0.139. The predicted octanol–water partition coefficient (Wildman–Crippen LogP) is 3.30. The molecule has 0 spiro atoms. The highest BCUT2D eigenvalue weighted by atomic mass is 32.1. The maximum absolute atomic E-state index is 11.8. The molecule has 0 bridgehead atoms. The predicted molar refractivity (Wildman–Crippen MR) is 89.2 cm³/mol. The molecule has 0 aliphatic carbocycles. The van der Waals surface area contributed by atoms with Crippen LogP contribution in [0, 0.1) is 0 Å². The number of amides is 1. The quantitative estimate of drug-likeness (QED) is 0.797. The molecule has 1 aromatic carbocycles. The molecule has 4 nitrogen and oxygen atoms in total. The van der Waals surface area contributed by atoms with Gasteiger partial charge in [0.15, 0.2) is 0 Å². The molecule has 1 N–H and O–H groups in total. The fourth-order valence-corrected chi connectivity index (χ4v) is 3.72. The lowest BCUT2D eigenvalue weighted by molar-refractivity contribution is -0.121. The Morgan fingerprint density at radius 2 is 2.27 bits per heavy atom. The van der Waals surface area contributed by atoms with Gasteiger partial charge in [0.05, 0.1) is 21.3 Å². The highest BCUT2D eigenvalue weighted by Gasteiger charge is 2.15. The summed E-state index contributed by atoms with van der Waals surface area (Å²) >= 11 is 1.75. The van der Waals surface area contributed by atoms with Crippen LogP contribution in [-0.4, -0.2) is 30.1 Å². The average Bonchev–Trinajstić information content (AvgIpc) is 3.18. The molecule has 1 aromatic heterocycles. The maximum atomic E-state index is 11.8. The van der Waals surface area contributed by atoms with Gasteiger partial charge in [-0.15, -0.1) is 11.3 Å². The van der Waals surface area contributed by atoms with E-state index in [1.807, 2.05) is 18.2 Å². The molecule has 1 amide bonds. The fraction of sp³-hybridized carbons (Fsp3) is 0.529. The Hall–Kier alpha value is -1.46. The van der Waals surface area contributed by atoms with E-state index in [9.17, 15) is 4.79 Å². The van der Waals surface area contributed by atoms with Gasteiger partial charge >= 0.3 is 0 Å². The lowest BCUT2D eigenvalue weighted by atomic mass is 10.2. The topological polar surface area (TPSA) is 51.2 Å². The Morgan fingerprint density at radius 3 is 3.09 bits per heavy atom. The second kappa shape index (κ2) is 7.70. The molecular formula is C17H22N2O2S. The lowest BCUT2D eigenvalue weighted by Crippen LogP contribution is -2.31. The van der Waals surface area contributed by atoms with Crippen LogP contribution in [-0.2, 0) is 16.0 Å². The Kier molecular flexibility index (Phi) is 5.40. The Bertz CT molecular complexity index is 587. The van der Waals surface area contributed by atoms with E-state index in [-0.39, 0.29) is 12.0 Å². The summed E-state index contributed by atoms with van der Waals surface area (Å²) in [5.74, 6) is 0.139. The van der Waals surface area contributed by atoms with Crippen LogP contribution in [0.15, 0.2) is 24.3 Å². The third kappa shape index (κ3) is 4.27. The van der Waals surface area contributed by atoms with E-state index < -0.39 is 0 Å². The van der Waals surface area contributed by atoms with Crippen LogP contribution in [0.2, 0.25) is 0 Å². The lowest BCUT2D eigenvalue weighted by Gasteiger charge is -2.10. The molecule has 0 saturated carbocycles. The number of hydrogen-bond acceptors (Lipinski definition) is 4. The SMILES string of the molecule is O=C(CCCCc1nc2ccccc2s1)NCC1CCCO1. The first-order valence-electron chi connectivity index (χ1n) is 8.04. The van der Waals surface area contributed by atoms with Gasteiger partial charge in [-0.05, 0) is 44.2 Å². The Morgan fingerprint density at radius 1 is 1.36 bits per heavy atom. The van der Waals surface area contributed by atoms with E-state index >= 15 is 0 Å². The molecule has 1 saturated heterocycles. The third-order valence-electron chi connectivity index (χ3n) is 3.93. The minimum atomic E-state index is 0.139. The largest absolute Gasteiger partial charge is 0.376 e. The van der Waals surface area contributed by atoms with E-state index in [0.29, 0.717) is 13.0 Å². The fourth-order valence-electron chi connectivity index (χ4n) is 2.71. The average molecular weight is 318 g/mol. The second-order valence-corrected chi connectivity index (χ2v) is 6.84. The van der Waals surface area contributed by atoms with Gasteiger partial charge in [0.25, 0.3) is 0 Å². The molecule has 1 aliphatic heterocycles. The van der Waals surface area contributed by atoms with Crippen molar-refractivity contribution in [1.82, 2.24) is 10.3 Å². The van der Waals surface area contributed by atoms with Gasteiger partial charge in [-0.1, -0.05) is 12.1 Å². The number of aryl methyl sites for hydroxylation is 1. The number of thiazole rings is 1. The number of carbonyl (C=O) groups is 1. The molecule has 3 rings (SSSR count). The van der Waals surface area contributed by atoms with Crippen molar-refractivity contribution >= 4 is 27.5 Å². The van der Waals surface area contributed by atoms with Crippen molar-refractivity contribution in [3.05, 3.63) is 29.3 Å². The molecule has 2 heterocycles. The van der Waals surface area contributed by atoms with Gasteiger partial charge in [-0.2, -0.15) is 0 Å². The molecule has 22 heavy (non-hydrogen) atoms. The summed E-state index contributed by atoms with van der Waals surface area (Å²) in [5, 5.41) is 4.14. The van der Waals surface area contributed by atoms with Crippen LogP contribution in [0.5, 0.6) is 0 Å². The normalized spacial score (nSPS) is 17.9. The monoisotopic (exact) mass is 318 g/mol. The zero-order valence-electron chi connectivity index (χ0n) is 12.7. The highest BCUT2D eigenvalue weighted by molar-refractivity contribution is 7.18. The molecule has 1 unspecified atom stereocenters. The van der Waals surface area contributed by atoms with Crippen molar-refractivity contribution in [2.45, 2.75) is 44.6 Å². The molecule has 2 aromatic rings. The third-order valence-corrected chi connectivity index (χ3v) is 5.03. The molecule has 5 heteroatoms. The van der Waals surface area contributed by atoms with Gasteiger partial charge in [0.2, 0.25) is 5.91 Å². The number of carbonyl (C=O) groups excluding carboxylic acids is 1. The van der Waals surface area contributed by atoms with Crippen molar-refractivity contribution in [3.63, 3.8) is 0 Å². The van der Waals surface area contributed by atoms with Gasteiger partial charge in [-0.3, -0.25) is 4.79 Å². The van der Waals surface area contributed by atoms with Crippen LogP contribution in [0.3, 0.4) is 0 Å². The van der Waals surface area contributed by atoms with Crippen LogP contribution >= 0.6 is 11.3 Å².